The number of hydrogen-bond donors (Lipinski definition) is 0. The van der Waals surface area contributed by atoms with Crippen LogP contribution >= 0.6 is 27.5 Å². The molecule has 0 saturated carbocycles. The van der Waals surface area contributed by atoms with Gasteiger partial charge in [-0.15, -0.1) is 0 Å². The lowest BCUT2D eigenvalue weighted by Crippen LogP contribution is -2.12. The first kappa shape index (κ1) is 14.5. The highest BCUT2D eigenvalue weighted by atomic mass is 79.9. The van der Waals surface area contributed by atoms with E-state index in [9.17, 15) is 8.42 Å². The molecular weight excluding hydrogens is 378 g/mol. The van der Waals surface area contributed by atoms with Gasteiger partial charge in [0.2, 0.25) is 0 Å². The molecule has 0 bridgehead atoms. The summed E-state index contributed by atoms with van der Waals surface area (Å²) >= 11 is 9.14. The molecule has 0 radical (unpaired) electrons. The Kier molecular flexibility index (Phi) is 3.51. The Balaban J connectivity index is 2.25. The number of fused-ring (bicyclic) bond motifs is 1. The van der Waals surface area contributed by atoms with Crippen molar-refractivity contribution in [2.75, 3.05) is 0 Å². The summed E-state index contributed by atoms with van der Waals surface area (Å²) in [6.07, 6.45) is 2.83. The summed E-state index contributed by atoms with van der Waals surface area (Å²) in [4.78, 5) is 8.45. The molecule has 0 N–H and O–H groups in total. The van der Waals surface area contributed by atoms with Gasteiger partial charge in [0.05, 0.1) is 4.90 Å². The third-order valence-corrected chi connectivity index (χ3v) is 5.80. The van der Waals surface area contributed by atoms with Crippen molar-refractivity contribution in [3.63, 3.8) is 0 Å². The van der Waals surface area contributed by atoms with E-state index in [4.69, 9.17) is 11.6 Å². The fourth-order valence-corrected chi connectivity index (χ4v) is 3.59. The lowest BCUT2D eigenvalue weighted by atomic mass is 10.3. The zero-order chi connectivity index (χ0) is 15.2. The number of aryl methyl sites for hydroxylation is 1. The van der Waals surface area contributed by atoms with E-state index in [1.165, 1.54) is 30.6 Å². The number of hydrogen-bond acceptors (Lipinski definition) is 4. The molecule has 0 aliphatic heterocycles. The van der Waals surface area contributed by atoms with E-state index in [-0.39, 0.29) is 4.90 Å². The highest BCUT2D eigenvalue weighted by Gasteiger charge is 2.21. The van der Waals surface area contributed by atoms with Gasteiger partial charge in [0.1, 0.15) is 11.8 Å². The number of nitrogens with zero attached hydrogens (tertiary/aromatic N) is 3. The molecule has 0 fully saturated rings. The monoisotopic (exact) mass is 385 g/mol. The summed E-state index contributed by atoms with van der Waals surface area (Å²) in [7, 11) is -3.75. The van der Waals surface area contributed by atoms with Crippen LogP contribution < -0.4 is 0 Å². The van der Waals surface area contributed by atoms with Crippen molar-refractivity contribution < 1.29 is 8.42 Å². The van der Waals surface area contributed by atoms with Crippen LogP contribution in [0.1, 0.15) is 5.56 Å². The third kappa shape index (κ3) is 2.35. The second-order valence-electron chi connectivity index (χ2n) is 4.40. The number of rotatable bonds is 2. The molecule has 21 heavy (non-hydrogen) atoms. The van der Waals surface area contributed by atoms with Gasteiger partial charge in [0, 0.05) is 15.7 Å². The van der Waals surface area contributed by atoms with Crippen LogP contribution in [0, 0.1) is 6.92 Å². The average Bonchev–Trinajstić information content (AvgIpc) is 2.89. The van der Waals surface area contributed by atoms with E-state index < -0.39 is 10.0 Å². The van der Waals surface area contributed by atoms with Gasteiger partial charge < -0.3 is 0 Å². The molecule has 5 nitrogen and oxygen atoms in total. The molecule has 0 aliphatic rings. The zero-order valence-electron chi connectivity index (χ0n) is 10.8. The highest BCUT2D eigenvalue weighted by Crippen LogP contribution is 2.25. The molecule has 0 unspecified atom stereocenters. The van der Waals surface area contributed by atoms with Gasteiger partial charge in [-0.2, -0.15) is 0 Å². The Hall–Kier alpha value is -1.44. The number of aromatic nitrogens is 3. The maximum Gasteiger partial charge on any atom is 0.270 e. The van der Waals surface area contributed by atoms with E-state index >= 15 is 0 Å². The van der Waals surface area contributed by atoms with Gasteiger partial charge in [0.25, 0.3) is 10.0 Å². The average molecular weight is 387 g/mol. The maximum atomic E-state index is 12.6. The second kappa shape index (κ2) is 5.08. The Morgan fingerprint density at radius 3 is 2.52 bits per heavy atom. The van der Waals surface area contributed by atoms with Crippen molar-refractivity contribution in [2.45, 2.75) is 11.8 Å². The fraction of sp³-hybridized carbons (Fsp3) is 0.0769. The van der Waals surface area contributed by atoms with Crippen molar-refractivity contribution in [3.05, 3.63) is 51.8 Å². The summed E-state index contributed by atoms with van der Waals surface area (Å²) in [6, 6.07) is 5.97. The van der Waals surface area contributed by atoms with E-state index in [1.54, 1.807) is 6.20 Å². The minimum absolute atomic E-state index is 0.133. The Morgan fingerprint density at radius 2 is 1.86 bits per heavy atom. The fourth-order valence-electron chi connectivity index (χ4n) is 1.93. The molecule has 0 amide bonds. The molecular formula is C13H9BrClN3O2S. The first-order valence-corrected chi connectivity index (χ1v) is 8.51. The minimum atomic E-state index is -3.75. The van der Waals surface area contributed by atoms with Gasteiger partial charge >= 0.3 is 0 Å². The van der Waals surface area contributed by atoms with Crippen LogP contribution in [0.15, 0.2) is 46.2 Å². The maximum absolute atomic E-state index is 12.6. The summed E-state index contributed by atoms with van der Waals surface area (Å²) in [5.74, 6) is 0. The van der Waals surface area contributed by atoms with Crippen LogP contribution in [0.4, 0.5) is 0 Å². The highest BCUT2D eigenvalue weighted by molar-refractivity contribution is 9.10. The Morgan fingerprint density at radius 1 is 1.19 bits per heavy atom. The smallest absolute Gasteiger partial charge is 0.235 e. The summed E-state index contributed by atoms with van der Waals surface area (Å²) in [5.41, 5.74) is 1.68. The van der Waals surface area contributed by atoms with Gasteiger partial charge in [-0.3, -0.25) is 0 Å². The molecule has 1 aromatic carbocycles. The molecule has 3 aromatic rings. The normalized spacial score (nSPS) is 12.0. The molecule has 108 valence electrons. The summed E-state index contributed by atoms with van der Waals surface area (Å²) < 4.78 is 27.1. The molecule has 0 spiro atoms. The number of halogens is 2. The van der Waals surface area contributed by atoms with Gasteiger partial charge in [-0.25, -0.2) is 22.4 Å². The SMILES string of the molecule is Cc1c(Br)cnc2c1ncn2S(=O)(=O)c1ccc(Cl)cc1. The van der Waals surface area contributed by atoms with E-state index in [1.807, 2.05) is 6.92 Å². The van der Waals surface area contributed by atoms with Gasteiger partial charge in [-0.1, -0.05) is 11.6 Å². The van der Waals surface area contributed by atoms with Crippen molar-refractivity contribution in [3.8, 4) is 0 Å². The number of benzene rings is 1. The van der Waals surface area contributed by atoms with Crippen molar-refractivity contribution in [1.82, 2.24) is 13.9 Å². The van der Waals surface area contributed by atoms with Crippen molar-refractivity contribution in [2.24, 2.45) is 0 Å². The predicted molar refractivity (Wildman–Crippen MR) is 84.0 cm³/mol. The van der Waals surface area contributed by atoms with Crippen molar-refractivity contribution in [1.29, 1.82) is 0 Å². The lowest BCUT2D eigenvalue weighted by molar-refractivity contribution is 0.588. The lowest BCUT2D eigenvalue weighted by Gasteiger charge is -2.06. The predicted octanol–water partition coefficient (Wildman–Crippen LogP) is 3.39. The zero-order valence-corrected chi connectivity index (χ0v) is 13.9. The molecule has 2 aromatic heterocycles. The van der Waals surface area contributed by atoms with E-state index in [0.29, 0.717) is 16.2 Å². The molecule has 8 heteroatoms. The molecule has 0 atom stereocenters. The minimum Gasteiger partial charge on any atom is -0.235 e. The van der Waals surface area contributed by atoms with Crippen molar-refractivity contribution >= 4 is 48.7 Å². The number of pyridine rings is 1. The van der Waals surface area contributed by atoms with E-state index in [2.05, 4.69) is 25.9 Å². The number of imidazole rings is 1. The van der Waals surface area contributed by atoms with Crippen LogP contribution in [0.5, 0.6) is 0 Å². The Labute approximate surface area is 134 Å². The quantitative estimate of drug-likeness (QED) is 0.677. The van der Waals surface area contributed by atoms with Crippen LogP contribution in [0.25, 0.3) is 11.2 Å². The van der Waals surface area contributed by atoms with Crippen LogP contribution in [0.3, 0.4) is 0 Å². The standard InChI is InChI=1S/C13H9BrClN3O2S/c1-8-11(14)6-16-13-12(8)17-7-18(13)21(19,20)10-4-2-9(15)3-5-10/h2-7H,1H3. The summed E-state index contributed by atoms with van der Waals surface area (Å²) in [6.45, 7) is 1.85. The topological polar surface area (TPSA) is 64.8 Å². The first-order chi connectivity index (χ1) is 9.91. The van der Waals surface area contributed by atoms with Crippen LogP contribution in [-0.2, 0) is 10.0 Å². The second-order valence-corrected chi connectivity index (χ2v) is 7.51. The Bertz CT molecular complexity index is 936. The summed E-state index contributed by atoms with van der Waals surface area (Å²) in [5, 5.41) is 0.474. The molecule has 0 aliphatic carbocycles. The molecule has 2 heterocycles. The molecule has 0 saturated heterocycles. The van der Waals surface area contributed by atoms with Gasteiger partial charge in [0.15, 0.2) is 5.65 Å². The third-order valence-electron chi connectivity index (χ3n) is 3.10. The van der Waals surface area contributed by atoms with Crippen LogP contribution in [-0.4, -0.2) is 22.4 Å². The van der Waals surface area contributed by atoms with Crippen LogP contribution in [0.2, 0.25) is 5.02 Å². The molecule has 3 rings (SSSR count). The van der Waals surface area contributed by atoms with Gasteiger partial charge in [-0.05, 0) is 52.7 Å². The first-order valence-electron chi connectivity index (χ1n) is 5.90. The van der Waals surface area contributed by atoms with E-state index in [0.717, 1.165) is 14.0 Å². The largest absolute Gasteiger partial charge is 0.270 e.